The molecule has 0 N–H and O–H groups in total. The van der Waals surface area contributed by atoms with Crippen LogP contribution in [0.1, 0.15) is 18.1 Å². The lowest BCUT2D eigenvalue weighted by Gasteiger charge is -1.94. The highest BCUT2D eigenvalue weighted by Crippen LogP contribution is 2.03. The second-order valence-corrected chi connectivity index (χ2v) is 2.28. The summed E-state index contributed by atoms with van der Waals surface area (Å²) in [6.07, 6.45) is 2.65. The molecule has 0 aromatic heterocycles. The van der Waals surface area contributed by atoms with Crippen LogP contribution in [0.3, 0.4) is 0 Å². The largest absolute Gasteiger partial charge is 0.396 e. The molecule has 0 bridgehead atoms. The van der Waals surface area contributed by atoms with Gasteiger partial charge >= 0.3 is 0 Å². The van der Waals surface area contributed by atoms with Crippen molar-refractivity contribution in [2.75, 3.05) is 6.61 Å². The summed E-state index contributed by atoms with van der Waals surface area (Å²) in [5.41, 5.74) is 1.20. The van der Waals surface area contributed by atoms with E-state index < -0.39 is 0 Å². The molecule has 0 aliphatic carbocycles. The molecule has 3 nitrogen and oxygen atoms in total. The Bertz CT molecular complexity index is 339. The van der Waals surface area contributed by atoms with Crippen molar-refractivity contribution in [1.82, 2.24) is 0 Å². The summed E-state index contributed by atoms with van der Waals surface area (Å²) >= 11 is 0. The standard InChI is InChI=1S/C10H9N2O/c1-2-13-12-8-10-6-4-3-5-9(10)7-11/h3-6H,2H2,1H3. The molecule has 0 fully saturated rings. The first-order chi connectivity index (χ1) is 6.38. The molecule has 0 spiro atoms. The van der Waals surface area contributed by atoms with Crippen LogP contribution < -0.4 is 0 Å². The maximum atomic E-state index is 8.70. The van der Waals surface area contributed by atoms with Crippen molar-refractivity contribution in [2.24, 2.45) is 5.16 Å². The molecule has 0 saturated heterocycles. The van der Waals surface area contributed by atoms with Crippen molar-refractivity contribution in [3.8, 4) is 6.07 Å². The molecule has 3 heteroatoms. The molecule has 0 saturated carbocycles. The number of rotatable bonds is 3. The minimum absolute atomic E-state index is 0.502. The zero-order valence-electron chi connectivity index (χ0n) is 7.32. The lowest BCUT2D eigenvalue weighted by molar-refractivity contribution is 0.160. The van der Waals surface area contributed by atoms with E-state index in [2.05, 4.69) is 11.4 Å². The summed E-state index contributed by atoms with van der Waals surface area (Å²) in [6.45, 7) is 2.34. The lowest BCUT2D eigenvalue weighted by Crippen LogP contribution is -1.88. The monoisotopic (exact) mass is 173 g/mol. The predicted octanol–water partition coefficient (Wildman–Crippen LogP) is 1.81. The molecule has 0 amide bonds. The van der Waals surface area contributed by atoms with Gasteiger partial charge in [0.05, 0.1) is 11.6 Å². The SMILES string of the molecule is CCO/N=[C]/c1ccccc1C#N. The third kappa shape index (κ3) is 2.60. The van der Waals surface area contributed by atoms with Crippen LogP contribution in [0.25, 0.3) is 0 Å². The summed E-state index contributed by atoms with van der Waals surface area (Å²) in [5, 5.41) is 12.3. The summed E-state index contributed by atoms with van der Waals surface area (Å²) in [7, 11) is 0. The summed E-state index contributed by atoms with van der Waals surface area (Å²) < 4.78 is 0. The van der Waals surface area contributed by atoms with Crippen LogP contribution in [0.2, 0.25) is 0 Å². The van der Waals surface area contributed by atoms with Gasteiger partial charge in [0.1, 0.15) is 12.8 Å². The molecule has 0 aliphatic rings. The van der Waals surface area contributed by atoms with E-state index in [1.54, 1.807) is 18.2 Å². The van der Waals surface area contributed by atoms with E-state index in [1.807, 2.05) is 19.1 Å². The van der Waals surface area contributed by atoms with Crippen molar-refractivity contribution in [2.45, 2.75) is 6.92 Å². The van der Waals surface area contributed by atoms with E-state index in [4.69, 9.17) is 10.1 Å². The minimum Gasteiger partial charge on any atom is -0.396 e. The zero-order valence-corrected chi connectivity index (χ0v) is 7.32. The van der Waals surface area contributed by atoms with Gasteiger partial charge in [0.25, 0.3) is 0 Å². The van der Waals surface area contributed by atoms with Gasteiger partial charge in [-0.2, -0.15) is 5.26 Å². The highest BCUT2D eigenvalue weighted by molar-refractivity contribution is 5.82. The third-order valence-corrected chi connectivity index (χ3v) is 1.41. The fourth-order valence-corrected chi connectivity index (χ4v) is 0.824. The van der Waals surface area contributed by atoms with Crippen LogP contribution in [-0.4, -0.2) is 12.8 Å². The molecule has 0 atom stereocenters. The molecule has 0 aliphatic heterocycles. The Morgan fingerprint density at radius 3 is 2.69 bits per heavy atom. The number of nitrogens with zero attached hydrogens (tertiary/aromatic N) is 2. The molecule has 0 unspecified atom stereocenters. The summed E-state index contributed by atoms with van der Waals surface area (Å²) in [6, 6.07) is 9.14. The first-order valence-corrected chi connectivity index (χ1v) is 3.95. The molecular weight excluding hydrogens is 164 g/mol. The Labute approximate surface area is 77.2 Å². The van der Waals surface area contributed by atoms with Crippen molar-refractivity contribution >= 4 is 6.21 Å². The molecule has 1 rings (SSSR count). The Morgan fingerprint density at radius 1 is 1.38 bits per heavy atom. The summed E-state index contributed by atoms with van der Waals surface area (Å²) in [5.74, 6) is 0. The van der Waals surface area contributed by atoms with E-state index in [1.165, 1.54) is 0 Å². The van der Waals surface area contributed by atoms with Gasteiger partial charge in [0.2, 0.25) is 0 Å². The van der Waals surface area contributed by atoms with Crippen LogP contribution in [0.15, 0.2) is 29.4 Å². The van der Waals surface area contributed by atoms with Crippen molar-refractivity contribution in [3.63, 3.8) is 0 Å². The second-order valence-electron chi connectivity index (χ2n) is 2.28. The number of nitriles is 1. The average molecular weight is 173 g/mol. The average Bonchev–Trinajstić information content (AvgIpc) is 2.19. The minimum atomic E-state index is 0.502. The summed E-state index contributed by atoms with van der Waals surface area (Å²) in [4.78, 5) is 4.74. The molecule has 1 aromatic carbocycles. The van der Waals surface area contributed by atoms with Crippen LogP contribution in [0.4, 0.5) is 0 Å². The van der Waals surface area contributed by atoms with Gasteiger partial charge in [0.15, 0.2) is 0 Å². The third-order valence-electron chi connectivity index (χ3n) is 1.41. The van der Waals surface area contributed by atoms with Crippen LogP contribution in [-0.2, 0) is 4.84 Å². The highest BCUT2D eigenvalue weighted by Gasteiger charge is 1.96. The fraction of sp³-hybridized carbons (Fsp3) is 0.200. The van der Waals surface area contributed by atoms with Gasteiger partial charge < -0.3 is 4.84 Å². The lowest BCUT2D eigenvalue weighted by atomic mass is 10.1. The van der Waals surface area contributed by atoms with Crippen molar-refractivity contribution in [3.05, 3.63) is 35.4 Å². The topological polar surface area (TPSA) is 45.4 Å². The van der Waals surface area contributed by atoms with E-state index in [0.717, 1.165) is 0 Å². The fourth-order valence-electron chi connectivity index (χ4n) is 0.824. The Balaban J connectivity index is 2.82. The van der Waals surface area contributed by atoms with Gasteiger partial charge in [0, 0.05) is 5.56 Å². The van der Waals surface area contributed by atoms with Crippen molar-refractivity contribution < 1.29 is 4.84 Å². The van der Waals surface area contributed by atoms with Crippen LogP contribution in [0, 0.1) is 11.3 Å². The molecule has 13 heavy (non-hydrogen) atoms. The maximum Gasteiger partial charge on any atom is 0.141 e. The quantitative estimate of drug-likeness (QED) is 0.516. The molecule has 1 aromatic rings. The van der Waals surface area contributed by atoms with E-state index in [9.17, 15) is 0 Å². The normalized spacial score (nSPS) is 9.85. The van der Waals surface area contributed by atoms with E-state index in [0.29, 0.717) is 17.7 Å². The number of hydrogen-bond donors (Lipinski definition) is 0. The number of benzene rings is 1. The highest BCUT2D eigenvalue weighted by atomic mass is 16.6. The van der Waals surface area contributed by atoms with Gasteiger partial charge in [-0.05, 0) is 13.0 Å². The van der Waals surface area contributed by atoms with E-state index in [-0.39, 0.29) is 0 Å². The van der Waals surface area contributed by atoms with Crippen molar-refractivity contribution in [1.29, 1.82) is 5.26 Å². The Morgan fingerprint density at radius 2 is 2.08 bits per heavy atom. The second kappa shape index (κ2) is 4.94. The maximum absolute atomic E-state index is 8.70. The molecule has 65 valence electrons. The van der Waals surface area contributed by atoms with E-state index >= 15 is 0 Å². The van der Waals surface area contributed by atoms with Gasteiger partial charge in [-0.25, -0.2) is 0 Å². The molecular formula is C10H9N2O. The zero-order chi connectivity index (χ0) is 9.52. The Kier molecular flexibility index (Phi) is 3.52. The van der Waals surface area contributed by atoms with Crippen LogP contribution in [0.5, 0.6) is 0 Å². The van der Waals surface area contributed by atoms with Gasteiger partial charge in [-0.15, -0.1) is 0 Å². The molecule has 1 radical (unpaired) electrons. The van der Waals surface area contributed by atoms with Crippen LogP contribution >= 0.6 is 0 Å². The first-order valence-electron chi connectivity index (χ1n) is 3.95. The molecule has 0 heterocycles. The van der Waals surface area contributed by atoms with Gasteiger partial charge in [-0.1, -0.05) is 23.4 Å². The van der Waals surface area contributed by atoms with Gasteiger partial charge in [-0.3, -0.25) is 0 Å². The predicted molar refractivity (Wildman–Crippen MR) is 49.3 cm³/mol. The smallest absolute Gasteiger partial charge is 0.141 e. The Hall–Kier alpha value is -1.82. The first kappa shape index (κ1) is 9.27. The number of hydrogen-bond acceptors (Lipinski definition) is 3.